The van der Waals surface area contributed by atoms with E-state index in [1.165, 1.54) is 11.1 Å². The predicted molar refractivity (Wildman–Crippen MR) is 103 cm³/mol. The molecular formula is C21H23N3O. The lowest BCUT2D eigenvalue weighted by atomic mass is 9.99. The van der Waals surface area contributed by atoms with Crippen molar-refractivity contribution in [2.75, 3.05) is 30.4 Å². The Kier molecular flexibility index (Phi) is 5.65. The highest BCUT2D eigenvalue weighted by Crippen LogP contribution is 2.27. The fraction of sp³-hybridized carbons (Fsp3) is 0.190. The van der Waals surface area contributed by atoms with E-state index in [9.17, 15) is 0 Å². The maximum Gasteiger partial charge on any atom is 0.0768 e. The third-order valence-electron chi connectivity index (χ3n) is 4.23. The largest absolute Gasteiger partial charge is 0.395 e. The minimum Gasteiger partial charge on any atom is -0.395 e. The number of aromatic nitrogens is 1. The van der Waals surface area contributed by atoms with E-state index in [1.54, 1.807) is 0 Å². The van der Waals surface area contributed by atoms with E-state index in [0.29, 0.717) is 6.54 Å². The van der Waals surface area contributed by atoms with Crippen molar-refractivity contribution in [1.29, 1.82) is 0 Å². The molecule has 4 nitrogen and oxygen atoms in total. The molecule has 0 fully saturated rings. The van der Waals surface area contributed by atoms with Crippen LogP contribution in [0.1, 0.15) is 17.2 Å². The minimum absolute atomic E-state index is 0.0604. The molecule has 0 aliphatic carbocycles. The van der Waals surface area contributed by atoms with E-state index in [-0.39, 0.29) is 12.6 Å². The monoisotopic (exact) mass is 333 g/mol. The summed E-state index contributed by atoms with van der Waals surface area (Å²) in [6.45, 7) is 0.769. The molecule has 0 amide bonds. The molecule has 3 aromatic rings. The first-order valence-corrected chi connectivity index (χ1v) is 8.41. The van der Waals surface area contributed by atoms with Crippen LogP contribution in [-0.4, -0.2) is 30.3 Å². The zero-order valence-electron chi connectivity index (χ0n) is 14.3. The van der Waals surface area contributed by atoms with Crippen LogP contribution in [0.3, 0.4) is 0 Å². The van der Waals surface area contributed by atoms with Crippen molar-refractivity contribution >= 4 is 11.4 Å². The maximum atomic E-state index is 9.06. The van der Waals surface area contributed by atoms with Gasteiger partial charge in [-0.25, -0.2) is 0 Å². The van der Waals surface area contributed by atoms with Gasteiger partial charge in [0.25, 0.3) is 0 Å². The van der Waals surface area contributed by atoms with Gasteiger partial charge in [0.1, 0.15) is 0 Å². The number of nitrogens with zero attached hydrogens (tertiary/aromatic N) is 2. The number of aliphatic hydroxyl groups excluding tert-OH is 1. The van der Waals surface area contributed by atoms with E-state index in [0.717, 1.165) is 11.4 Å². The number of anilines is 2. The Hall–Kier alpha value is -2.85. The maximum absolute atomic E-state index is 9.06. The normalized spacial score (nSPS) is 11.8. The third-order valence-corrected chi connectivity index (χ3v) is 4.23. The van der Waals surface area contributed by atoms with Crippen molar-refractivity contribution in [1.82, 2.24) is 4.98 Å². The van der Waals surface area contributed by atoms with Crippen LogP contribution in [-0.2, 0) is 0 Å². The molecular weight excluding hydrogens is 310 g/mol. The zero-order valence-corrected chi connectivity index (χ0v) is 14.3. The summed E-state index contributed by atoms with van der Waals surface area (Å²) >= 11 is 0. The second-order valence-corrected chi connectivity index (χ2v) is 5.96. The molecule has 1 aromatic heterocycles. The average molecular weight is 333 g/mol. The third kappa shape index (κ3) is 4.37. The van der Waals surface area contributed by atoms with Crippen LogP contribution in [0, 0.1) is 0 Å². The van der Waals surface area contributed by atoms with Gasteiger partial charge in [-0.2, -0.15) is 0 Å². The Morgan fingerprint density at radius 2 is 1.56 bits per heavy atom. The number of likely N-dealkylation sites (N-methyl/N-ethyl adjacent to an activating group) is 1. The number of hydrogen-bond acceptors (Lipinski definition) is 4. The molecule has 1 unspecified atom stereocenters. The molecule has 0 spiro atoms. The van der Waals surface area contributed by atoms with Gasteiger partial charge in [0.05, 0.1) is 12.6 Å². The number of benzene rings is 2. The molecule has 1 atom stereocenters. The van der Waals surface area contributed by atoms with Gasteiger partial charge >= 0.3 is 0 Å². The minimum atomic E-state index is 0.0604. The van der Waals surface area contributed by atoms with Gasteiger partial charge in [-0.1, -0.05) is 30.3 Å². The Bertz CT molecular complexity index is 721. The lowest BCUT2D eigenvalue weighted by Crippen LogP contribution is -2.21. The van der Waals surface area contributed by atoms with E-state index in [1.807, 2.05) is 42.5 Å². The second-order valence-electron chi connectivity index (χ2n) is 5.96. The second kappa shape index (κ2) is 8.31. The van der Waals surface area contributed by atoms with Crippen LogP contribution in [0.4, 0.5) is 11.4 Å². The van der Waals surface area contributed by atoms with Crippen molar-refractivity contribution in [3.05, 3.63) is 90.3 Å². The Morgan fingerprint density at radius 3 is 2.20 bits per heavy atom. The standard InChI is InChI=1S/C21H23N3O/c1-24(15-16-25)20-9-7-19(8-10-20)23-21(17-5-3-2-4-6-17)18-11-13-22-14-12-18/h2-14,21,23,25H,15-16H2,1H3. The SMILES string of the molecule is CN(CCO)c1ccc(NC(c2ccccc2)c2ccncc2)cc1. The number of hydrogen-bond donors (Lipinski definition) is 2. The number of rotatable bonds is 7. The predicted octanol–water partition coefficient (Wildman–Crippen LogP) is 3.71. The fourth-order valence-corrected chi connectivity index (χ4v) is 2.82. The first-order valence-electron chi connectivity index (χ1n) is 8.41. The van der Waals surface area contributed by atoms with Crippen molar-refractivity contribution < 1.29 is 5.11 Å². The quantitative estimate of drug-likeness (QED) is 0.692. The topological polar surface area (TPSA) is 48.4 Å². The van der Waals surface area contributed by atoms with Crippen molar-refractivity contribution in [2.24, 2.45) is 0 Å². The summed E-state index contributed by atoms with van der Waals surface area (Å²) in [5, 5.41) is 12.7. The van der Waals surface area contributed by atoms with Gasteiger partial charge in [-0.05, 0) is 47.5 Å². The number of aliphatic hydroxyl groups is 1. The molecule has 25 heavy (non-hydrogen) atoms. The first kappa shape index (κ1) is 17.0. The van der Waals surface area contributed by atoms with Gasteiger partial charge in [-0.3, -0.25) is 4.98 Å². The van der Waals surface area contributed by atoms with Gasteiger partial charge < -0.3 is 15.3 Å². The van der Waals surface area contributed by atoms with Crippen LogP contribution in [0.15, 0.2) is 79.1 Å². The molecule has 128 valence electrons. The number of nitrogens with one attached hydrogen (secondary N) is 1. The molecule has 0 aliphatic rings. The van der Waals surface area contributed by atoms with Crippen molar-refractivity contribution in [2.45, 2.75) is 6.04 Å². The van der Waals surface area contributed by atoms with Crippen molar-refractivity contribution in [3.63, 3.8) is 0 Å². The van der Waals surface area contributed by atoms with Crippen LogP contribution < -0.4 is 10.2 Å². The summed E-state index contributed by atoms with van der Waals surface area (Å²) in [5.74, 6) is 0. The summed E-state index contributed by atoms with van der Waals surface area (Å²) < 4.78 is 0. The van der Waals surface area contributed by atoms with Crippen molar-refractivity contribution in [3.8, 4) is 0 Å². The van der Waals surface area contributed by atoms with Crippen LogP contribution >= 0.6 is 0 Å². The molecule has 0 saturated carbocycles. The molecule has 0 radical (unpaired) electrons. The van der Waals surface area contributed by atoms with E-state index in [2.05, 4.69) is 58.8 Å². The highest BCUT2D eigenvalue weighted by Gasteiger charge is 2.13. The summed E-state index contributed by atoms with van der Waals surface area (Å²) in [6, 6.07) is 22.8. The molecule has 1 heterocycles. The smallest absolute Gasteiger partial charge is 0.0768 e. The van der Waals surface area contributed by atoms with E-state index in [4.69, 9.17) is 5.11 Å². The summed E-state index contributed by atoms with van der Waals surface area (Å²) in [7, 11) is 1.97. The fourth-order valence-electron chi connectivity index (χ4n) is 2.82. The van der Waals surface area contributed by atoms with Crippen LogP contribution in [0.5, 0.6) is 0 Å². The highest BCUT2D eigenvalue weighted by molar-refractivity contribution is 5.56. The number of pyridine rings is 1. The molecule has 2 N–H and O–H groups in total. The van der Waals surface area contributed by atoms with Gasteiger partial charge in [-0.15, -0.1) is 0 Å². The van der Waals surface area contributed by atoms with Crippen LogP contribution in [0.25, 0.3) is 0 Å². The summed E-state index contributed by atoms with van der Waals surface area (Å²) in [6.07, 6.45) is 3.64. The van der Waals surface area contributed by atoms with Crippen LogP contribution in [0.2, 0.25) is 0 Å². The molecule has 4 heteroatoms. The van der Waals surface area contributed by atoms with E-state index < -0.39 is 0 Å². The first-order chi connectivity index (χ1) is 12.3. The summed E-state index contributed by atoms with van der Waals surface area (Å²) in [4.78, 5) is 6.15. The zero-order chi connectivity index (χ0) is 17.5. The lowest BCUT2D eigenvalue weighted by Gasteiger charge is -2.22. The Labute approximate surface area is 148 Å². The Balaban J connectivity index is 1.83. The summed E-state index contributed by atoms with van der Waals surface area (Å²) in [5.41, 5.74) is 4.50. The molecule has 3 rings (SSSR count). The average Bonchev–Trinajstić information content (AvgIpc) is 2.68. The molecule has 0 saturated heterocycles. The highest BCUT2D eigenvalue weighted by atomic mass is 16.3. The van der Waals surface area contributed by atoms with Gasteiger partial charge in [0.15, 0.2) is 0 Å². The molecule has 0 aliphatic heterocycles. The molecule has 2 aromatic carbocycles. The van der Waals surface area contributed by atoms with E-state index >= 15 is 0 Å². The lowest BCUT2D eigenvalue weighted by molar-refractivity contribution is 0.304. The van der Waals surface area contributed by atoms with Gasteiger partial charge in [0.2, 0.25) is 0 Å². The van der Waals surface area contributed by atoms with Gasteiger partial charge in [0, 0.05) is 37.4 Å². The Morgan fingerprint density at radius 1 is 0.920 bits per heavy atom. The molecule has 0 bridgehead atoms.